The Kier molecular flexibility index (Phi) is 11.9. The Morgan fingerprint density at radius 3 is 2.23 bits per heavy atom. The Bertz CT molecular complexity index is 425. The molecule has 1 aromatic heterocycles. The first-order chi connectivity index (χ1) is 9.09. The molecule has 2 heterocycles. The highest BCUT2D eigenvalue weighted by atomic mass is 35.5. The van der Waals surface area contributed by atoms with Crippen molar-refractivity contribution >= 4 is 43.1 Å². The molecule has 0 saturated carbocycles. The third-order valence-corrected chi connectivity index (χ3v) is 3.73. The molecule has 22 heavy (non-hydrogen) atoms. The fraction of sp³-hybridized carbons (Fsp3) is 0.571. The number of aromatic nitrogens is 1. The minimum atomic E-state index is -0.401. The van der Waals surface area contributed by atoms with E-state index < -0.39 is 6.04 Å². The van der Waals surface area contributed by atoms with Crippen LogP contribution in [0.15, 0.2) is 24.5 Å². The number of amides is 1. The fourth-order valence-corrected chi connectivity index (χ4v) is 2.45. The zero-order valence-electron chi connectivity index (χ0n) is 12.8. The molecule has 1 aliphatic rings. The number of carbonyl (C=O) groups is 1. The molecule has 1 aromatic rings. The number of halogens is 3. The third-order valence-electron chi connectivity index (χ3n) is 3.73. The van der Waals surface area contributed by atoms with Crippen molar-refractivity contribution in [2.24, 2.45) is 5.73 Å². The summed E-state index contributed by atoms with van der Waals surface area (Å²) in [5, 5.41) is 0. The zero-order valence-corrected chi connectivity index (χ0v) is 15.3. The Labute approximate surface area is 150 Å². The molecule has 1 amide bonds. The van der Waals surface area contributed by atoms with Crippen molar-refractivity contribution in [1.29, 1.82) is 0 Å². The minimum Gasteiger partial charge on any atom is -0.339 e. The summed E-state index contributed by atoms with van der Waals surface area (Å²) in [4.78, 5) is 20.2. The summed E-state index contributed by atoms with van der Waals surface area (Å²) < 4.78 is 0. The molecular weight excluding hydrogens is 347 g/mol. The second kappa shape index (κ2) is 11.0. The van der Waals surface area contributed by atoms with Gasteiger partial charge < -0.3 is 10.6 Å². The highest BCUT2D eigenvalue weighted by molar-refractivity contribution is 5.86. The molecule has 128 valence electrons. The average molecular weight is 372 g/mol. The lowest BCUT2D eigenvalue weighted by atomic mass is 10.1. The van der Waals surface area contributed by atoms with E-state index in [9.17, 15) is 4.79 Å². The molecule has 0 radical (unpaired) electrons. The van der Waals surface area contributed by atoms with E-state index in [4.69, 9.17) is 5.73 Å². The van der Waals surface area contributed by atoms with Crippen molar-refractivity contribution in [1.82, 2.24) is 14.8 Å². The van der Waals surface area contributed by atoms with E-state index in [-0.39, 0.29) is 43.1 Å². The molecule has 1 unspecified atom stereocenters. The first-order valence-corrected chi connectivity index (χ1v) is 6.78. The van der Waals surface area contributed by atoms with Crippen LogP contribution in [0.3, 0.4) is 0 Å². The second-order valence-electron chi connectivity index (χ2n) is 5.11. The van der Waals surface area contributed by atoms with Crippen LogP contribution in [0.5, 0.6) is 0 Å². The summed E-state index contributed by atoms with van der Waals surface area (Å²) in [5.41, 5.74) is 6.86. The van der Waals surface area contributed by atoms with E-state index in [1.54, 1.807) is 13.1 Å². The Morgan fingerprint density at radius 2 is 1.77 bits per heavy atom. The van der Waals surface area contributed by atoms with E-state index >= 15 is 0 Å². The molecule has 1 aliphatic heterocycles. The SMILES string of the molecule is CC(c1cccnc1)N1CCN(C(=O)[C@@H](C)N)CC1.Cl.Cl.Cl. The summed E-state index contributed by atoms with van der Waals surface area (Å²) in [6, 6.07) is 3.99. The molecule has 1 fully saturated rings. The van der Waals surface area contributed by atoms with Crippen molar-refractivity contribution in [2.75, 3.05) is 26.2 Å². The predicted octanol–water partition coefficient (Wildman–Crippen LogP) is 1.90. The van der Waals surface area contributed by atoms with Gasteiger partial charge in [0.25, 0.3) is 0 Å². The lowest BCUT2D eigenvalue weighted by Gasteiger charge is -2.38. The molecule has 2 N–H and O–H groups in total. The monoisotopic (exact) mass is 370 g/mol. The highest BCUT2D eigenvalue weighted by Crippen LogP contribution is 2.20. The van der Waals surface area contributed by atoms with Crippen molar-refractivity contribution < 1.29 is 4.79 Å². The number of hydrogen-bond acceptors (Lipinski definition) is 4. The molecule has 8 heteroatoms. The number of piperazine rings is 1. The first-order valence-electron chi connectivity index (χ1n) is 6.78. The van der Waals surface area contributed by atoms with E-state index in [2.05, 4.69) is 22.9 Å². The zero-order chi connectivity index (χ0) is 13.8. The van der Waals surface area contributed by atoms with Gasteiger partial charge in [0, 0.05) is 44.6 Å². The number of pyridine rings is 1. The van der Waals surface area contributed by atoms with Gasteiger partial charge in [0.2, 0.25) is 5.91 Å². The summed E-state index contributed by atoms with van der Waals surface area (Å²) in [6.45, 7) is 7.20. The normalized spacial score (nSPS) is 17.3. The molecule has 0 bridgehead atoms. The van der Waals surface area contributed by atoms with Gasteiger partial charge in [-0.05, 0) is 25.5 Å². The molecule has 5 nitrogen and oxygen atoms in total. The van der Waals surface area contributed by atoms with Gasteiger partial charge in [0.1, 0.15) is 0 Å². The van der Waals surface area contributed by atoms with Gasteiger partial charge in [0.15, 0.2) is 0 Å². The van der Waals surface area contributed by atoms with E-state index in [1.165, 1.54) is 5.56 Å². The van der Waals surface area contributed by atoms with Crippen LogP contribution in [-0.2, 0) is 4.79 Å². The molecule has 1 saturated heterocycles. The number of nitrogens with two attached hydrogens (primary N) is 1. The first kappa shape index (κ1) is 23.7. The highest BCUT2D eigenvalue weighted by Gasteiger charge is 2.25. The van der Waals surface area contributed by atoms with Gasteiger partial charge in [0.05, 0.1) is 6.04 Å². The number of hydrogen-bond donors (Lipinski definition) is 1. The van der Waals surface area contributed by atoms with Gasteiger partial charge in [-0.15, -0.1) is 37.2 Å². The number of rotatable bonds is 3. The lowest BCUT2D eigenvalue weighted by Crippen LogP contribution is -2.52. The molecule has 0 aromatic carbocycles. The van der Waals surface area contributed by atoms with Crippen LogP contribution in [0.2, 0.25) is 0 Å². The van der Waals surface area contributed by atoms with Crippen LogP contribution in [0.25, 0.3) is 0 Å². The van der Waals surface area contributed by atoms with E-state index in [0.717, 1.165) is 26.2 Å². The maximum Gasteiger partial charge on any atom is 0.239 e. The van der Waals surface area contributed by atoms with Crippen LogP contribution in [0, 0.1) is 0 Å². The summed E-state index contributed by atoms with van der Waals surface area (Å²) in [6.07, 6.45) is 3.69. The van der Waals surface area contributed by atoms with Crippen LogP contribution in [0.4, 0.5) is 0 Å². The number of nitrogens with zero attached hydrogens (tertiary/aromatic N) is 3. The quantitative estimate of drug-likeness (QED) is 0.881. The largest absolute Gasteiger partial charge is 0.339 e. The van der Waals surface area contributed by atoms with Gasteiger partial charge in [-0.1, -0.05) is 6.07 Å². The Hall–Kier alpha value is -0.590. The minimum absolute atomic E-state index is 0. The fourth-order valence-electron chi connectivity index (χ4n) is 2.45. The smallest absolute Gasteiger partial charge is 0.239 e. The molecule has 2 rings (SSSR count). The summed E-state index contributed by atoms with van der Waals surface area (Å²) in [7, 11) is 0. The van der Waals surface area contributed by atoms with Crippen LogP contribution < -0.4 is 5.73 Å². The van der Waals surface area contributed by atoms with Gasteiger partial charge in [-0.25, -0.2) is 0 Å². The Morgan fingerprint density at radius 1 is 1.18 bits per heavy atom. The van der Waals surface area contributed by atoms with Crippen molar-refractivity contribution in [2.45, 2.75) is 25.9 Å². The predicted molar refractivity (Wildman–Crippen MR) is 96.2 cm³/mol. The lowest BCUT2D eigenvalue weighted by molar-refractivity contribution is -0.134. The maximum atomic E-state index is 11.8. The average Bonchev–Trinajstić information content (AvgIpc) is 2.46. The summed E-state index contributed by atoms with van der Waals surface area (Å²) in [5.74, 6) is 0.0497. The van der Waals surface area contributed by atoms with E-state index in [0.29, 0.717) is 6.04 Å². The molecule has 0 aliphatic carbocycles. The molecule has 2 atom stereocenters. The van der Waals surface area contributed by atoms with Crippen molar-refractivity contribution in [3.05, 3.63) is 30.1 Å². The van der Waals surface area contributed by atoms with Crippen LogP contribution >= 0.6 is 37.2 Å². The molecular formula is C14H25Cl3N4O. The van der Waals surface area contributed by atoms with Gasteiger partial charge in [-0.3, -0.25) is 14.7 Å². The standard InChI is InChI=1S/C14H22N4O.3ClH/c1-11(15)14(19)18-8-6-17(7-9-18)12(2)13-4-3-5-16-10-13;;;/h3-5,10-12H,6-9,15H2,1-2H3;3*1H/t11-,12?;;;/m1.../s1. The number of carbonyl (C=O) groups excluding carboxylic acids is 1. The van der Waals surface area contributed by atoms with Crippen molar-refractivity contribution in [3.63, 3.8) is 0 Å². The maximum absolute atomic E-state index is 11.8. The topological polar surface area (TPSA) is 62.5 Å². The van der Waals surface area contributed by atoms with Gasteiger partial charge in [-0.2, -0.15) is 0 Å². The second-order valence-corrected chi connectivity index (χ2v) is 5.11. The Balaban J connectivity index is 0. The van der Waals surface area contributed by atoms with Crippen LogP contribution in [0.1, 0.15) is 25.5 Å². The summed E-state index contributed by atoms with van der Waals surface area (Å²) >= 11 is 0. The van der Waals surface area contributed by atoms with Crippen molar-refractivity contribution in [3.8, 4) is 0 Å². The third kappa shape index (κ3) is 5.89. The van der Waals surface area contributed by atoms with E-state index in [1.807, 2.05) is 17.2 Å². The van der Waals surface area contributed by atoms with Crippen LogP contribution in [-0.4, -0.2) is 52.9 Å². The van der Waals surface area contributed by atoms with Gasteiger partial charge >= 0.3 is 0 Å². The molecule has 0 spiro atoms.